The Balaban J connectivity index is 2.61. The van der Waals surface area contributed by atoms with Crippen molar-refractivity contribution in [1.82, 2.24) is 4.57 Å². The van der Waals surface area contributed by atoms with Gasteiger partial charge in [-0.2, -0.15) is 10.3 Å². The van der Waals surface area contributed by atoms with Gasteiger partial charge in [-0.05, 0) is 59.0 Å². The minimum absolute atomic E-state index is 0.631. The minimum Gasteiger partial charge on any atom is -0.301 e. The second-order valence-electron chi connectivity index (χ2n) is 3.12. The summed E-state index contributed by atoms with van der Waals surface area (Å²) in [5, 5.41) is 8.60. The molecule has 4 heteroatoms. The zero-order valence-electron chi connectivity index (χ0n) is 8.34. The maximum Gasteiger partial charge on any atom is 0.207 e. The van der Waals surface area contributed by atoms with E-state index in [0.29, 0.717) is 5.49 Å². The smallest absolute Gasteiger partial charge is 0.207 e. The maximum absolute atomic E-state index is 8.60. The van der Waals surface area contributed by atoms with E-state index < -0.39 is 0 Å². The van der Waals surface area contributed by atoms with Crippen molar-refractivity contribution in [3.63, 3.8) is 0 Å². The van der Waals surface area contributed by atoms with Crippen molar-refractivity contribution in [1.29, 1.82) is 5.26 Å². The van der Waals surface area contributed by atoms with E-state index in [-0.39, 0.29) is 0 Å². The summed E-state index contributed by atoms with van der Waals surface area (Å²) < 4.78 is 3.05. The third kappa shape index (κ3) is 2.31. The molecule has 0 aliphatic rings. The first-order valence-corrected chi connectivity index (χ1v) is 5.75. The number of rotatable bonds is 1. The number of hydrogen-bond donors (Lipinski definition) is 0. The van der Waals surface area contributed by atoms with Crippen molar-refractivity contribution >= 4 is 22.6 Å². The quantitative estimate of drug-likeness (QED) is 0.588. The van der Waals surface area contributed by atoms with Crippen LogP contribution in [0.4, 0.5) is 0 Å². The molecule has 0 saturated carbocycles. The highest BCUT2D eigenvalue weighted by Gasteiger charge is 1.96. The zero-order chi connectivity index (χ0) is 11.4. The molecule has 0 unspecified atom stereocenters. The molecule has 3 nitrogen and oxygen atoms in total. The van der Waals surface area contributed by atoms with E-state index in [0.717, 1.165) is 5.69 Å². The van der Waals surface area contributed by atoms with E-state index in [4.69, 9.17) is 5.26 Å². The molecule has 2 rings (SSSR count). The average molecular weight is 321 g/mol. The third-order valence-electron chi connectivity index (χ3n) is 2.11. The Hall–Kier alpha value is -1.61. The average Bonchev–Trinajstić information content (AvgIpc) is 2.32. The zero-order valence-corrected chi connectivity index (χ0v) is 10.5. The van der Waals surface area contributed by atoms with Crippen LogP contribution in [0.3, 0.4) is 0 Å². The topological polar surface area (TPSA) is 41.1 Å². The molecule has 78 valence electrons. The largest absolute Gasteiger partial charge is 0.301 e. The predicted octanol–water partition coefficient (Wildman–Crippen LogP) is 2.46. The van der Waals surface area contributed by atoms with E-state index in [2.05, 4.69) is 27.6 Å². The van der Waals surface area contributed by atoms with Crippen LogP contribution in [0.2, 0.25) is 0 Å². The number of nitriles is 1. The summed E-state index contributed by atoms with van der Waals surface area (Å²) in [6.45, 7) is 0. The number of halogens is 1. The molecular weight excluding hydrogens is 313 g/mol. The standard InChI is InChI=1S/C12H8IN3/c13-10-4-6-11(7-5-10)16-8-2-1-3-12(16)15-9-14/h1-8H. The molecule has 0 radical (unpaired) electrons. The number of pyridine rings is 1. The van der Waals surface area contributed by atoms with Gasteiger partial charge in [0, 0.05) is 15.5 Å². The van der Waals surface area contributed by atoms with Gasteiger partial charge < -0.3 is 4.57 Å². The van der Waals surface area contributed by atoms with Crippen molar-refractivity contribution in [2.75, 3.05) is 0 Å². The van der Waals surface area contributed by atoms with Crippen LogP contribution in [-0.4, -0.2) is 4.57 Å². The fraction of sp³-hybridized carbons (Fsp3) is 0. The molecule has 2 aromatic rings. The highest BCUT2D eigenvalue weighted by molar-refractivity contribution is 14.1. The molecule has 1 heterocycles. The Morgan fingerprint density at radius 2 is 1.88 bits per heavy atom. The van der Waals surface area contributed by atoms with Crippen molar-refractivity contribution in [3.05, 3.63) is 57.7 Å². The van der Waals surface area contributed by atoms with Gasteiger partial charge in [0.05, 0.1) is 0 Å². The summed E-state index contributed by atoms with van der Waals surface area (Å²) in [5.41, 5.74) is 1.63. The SMILES string of the molecule is N#CN=c1ccccn1-c1ccc(I)cc1. The number of aromatic nitrogens is 1. The van der Waals surface area contributed by atoms with Gasteiger partial charge in [-0.3, -0.25) is 0 Å². The Bertz CT molecular complexity index is 591. The van der Waals surface area contributed by atoms with Crippen molar-refractivity contribution < 1.29 is 0 Å². The molecular formula is C12H8IN3. The molecule has 0 fully saturated rings. The first-order chi connectivity index (χ1) is 7.81. The van der Waals surface area contributed by atoms with E-state index in [1.165, 1.54) is 3.57 Å². The fourth-order valence-corrected chi connectivity index (χ4v) is 1.76. The van der Waals surface area contributed by atoms with Gasteiger partial charge in [0.2, 0.25) is 6.19 Å². The van der Waals surface area contributed by atoms with Crippen molar-refractivity contribution in [2.45, 2.75) is 0 Å². The molecule has 0 bridgehead atoms. The van der Waals surface area contributed by atoms with Gasteiger partial charge in [0.1, 0.15) is 5.49 Å². The Morgan fingerprint density at radius 1 is 1.12 bits per heavy atom. The summed E-state index contributed by atoms with van der Waals surface area (Å²) in [6, 6.07) is 13.6. The minimum atomic E-state index is 0.631. The molecule has 1 aromatic heterocycles. The van der Waals surface area contributed by atoms with Gasteiger partial charge in [0.15, 0.2) is 0 Å². The van der Waals surface area contributed by atoms with Gasteiger partial charge in [-0.15, -0.1) is 0 Å². The Morgan fingerprint density at radius 3 is 2.56 bits per heavy atom. The normalized spacial score (nSPS) is 11.1. The van der Waals surface area contributed by atoms with E-state index in [1.807, 2.05) is 53.4 Å². The molecule has 0 saturated heterocycles. The van der Waals surface area contributed by atoms with Crippen LogP contribution in [0.1, 0.15) is 0 Å². The monoisotopic (exact) mass is 321 g/mol. The second-order valence-corrected chi connectivity index (χ2v) is 4.36. The van der Waals surface area contributed by atoms with E-state index >= 15 is 0 Å². The first kappa shape index (κ1) is 10.9. The lowest BCUT2D eigenvalue weighted by Crippen LogP contribution is -2.17. The summed E-state index contributed by atoms with van der Waals surface area (Å²) in [6.07, 6.45) is 3.70. The van der Waals surface area contributed by atoms with Crippen LogP contribution < -0.4 is 5.49 Å². The van der Waals surface area contributed by atoms with Gasteiger partial charge in [-0.1, -0.05) is 6.07 Å². The fourth-order valence-electron chi connectivity index (χ4n) is 1.40. The summed E-state index contributed by atoms with van der Waals surface area (Å²) in [7, 11) is 0. The molecule has 16 heavy (non-hydrogen) atoms. The molecule has 0 spiro atoms. The van der Waals surface area contributed by atoms with Crippen molar-refractivity contribution in [2.24, 2.45) is 4.99 Å². The van der Waals surface area contributed by atoms with Gasteiger partial charge >= 0.3 is 0 Å². The van der Waals surface area contributed by atoms with Crippen LogP contribution in [0.15, 0.2) is 53.7 Å². The predicted molar refractivity (Wildman–Crippen MR) is 69.7 cm³/mol. The van der Waals surface area contributed by atoms with Gasteiger partial charge in [0.25, 0.3) is 0 Å². The maximum atomic E-state index is 8.60. The van der Waals surface area contributed by atoms with Gasteiger partial charge in [-0.25, -0.2) is 0 Å². The molecule has 0 aliphatic heterocycles. The summed E-state index contributed by atoms with van der Waals surface area (Å²) in [4.78, 5) is 3.77. The number of hydrogen-bond acceptors (Lipinski definition) is 2. The van der Waals surface area contributed by atoms with E-state index in [1.54, 1.807) is 6.07 Å². The molecule has 0 atom stereocenters. The van der Waals surface area contributed by atoms with Crippen molar-refractivity contribution in [3.8, 4) is 11.9 Å². The lowest BCUT2D eigenvalue weighted by atomic mass is 10.3. The number of nitrogens with zero attached hydrogens (tertiary/aromatic N) is 3. The van der Waals surface area contributed by atoms with Crippen LogP contribution in [0.25, 0.3) is 5.69 Å². The second kappa shape index (κ2) is 4.94. The van der Waals surface area contributed by atoms with E-state index in [9.17, 15) is 0 Å². The molecule has 0 N–H and O–H groups in total. The number of benzene rings is 1. The van der Waals surface area contributed by atoms with Crippen LogP contribution in [-0.2, 0) is 0 Å². The highest BCUT2D eigenvalue weighted by atomic mass is 127. The molecule has 1 aromatic carbocycles. The molecule has 0 amide bonds. The summed E-state index contributed by atoms with van der Waals surface area (Å²) >= 11 is 2.26. The summed E-state index contributed by atoms with van der Waals surface area (Å²) in [5.74, 6) is 0. The molecule has 0 aliphatic carbocycles. The lowest BCUT2D eigenvalue weighted by Gasteiger charge is -2.06. The lowest BCUT2D eigenvalue weighted by molar-refractivity contribution is 0.952. The first-order valence-electron chi connectivity index (χ1n) is 4.68. The Labute approximate surface area is 107 Å². The highest BCUT2D eigenvalue weighted by Crippen LogP contribution is 2.09. The third-order valence-corrected chi connectivity index (χ3v) is 2.83. The van der Waals surface area contributed by atoms with Crippen LogP contribution >= 0.6 is 22.6 Å². The van der Waals surface area contributed by atoms with Crippen LogP contribution in [0, 0.1) is 15.0 Å². The Kier molecular flexibility index (Phi) is 3.37. The van der Waals surface area contributed by atoms with Crippen LogP contribution in [0.5, 0.6) is 0 Å².